The predicted octanol–water partition coefficient (Wildman–Crippen LogP) is 5.95. The Balaban J connectivity index is 0.000000581. The van der Waals surface area contributed by atoms with E-state index in [0.29, 0.717) is 0 Å². The standard InChI is InChI=1S/C18H12.C2H4/c1-2-8-14-13(7-1)15-9-3-4-11-17(15)18-12-6-5-10-16(14)18;1-2/h1-12H;1-2H2. The van der Waals surface area contributed by atoms with Crippen molar-refractivity contribution in [3.8, 4) is 0 Å². The first-order chi connectivity index (χ1) is 9.95. The molecule has 0 saturated heterocycles. The fourth-order valence-electron chi connectivity index (χ4n) is 2.86. The molecule has 20 heavy (non-hydrogen) atoms. The molecule has 0 atom stereocenters. The lowest BCUT2D eigenvalue weighted by molar-refractivity contribution is 1.77. The van der Waals surface area contributed by atoms with Crippen molar-refractivity contribution in [1.82, 2.24) is 0 Å². The number of hydrogen-bond acceptors (Lipinski definition) is 0. The summed E-state index contributed by atoms with van der Waals surface area (Å²) in [6, 6.07) is 26.0. The molecule has 0 radical (unpaired) electrons. The summed E-state index contributed by atoms with van der Waals surface area (Å²) >= 11 is 0. The maximum Gasteiger partial charge on any atom is -0.00990 e. The normalized spacial score (nSPS) is 10.4. The van der Waals surface area contributed by atoms with Crippen molar-refractivity contribution < 1.29 is 0 Å². The van der Waals surface area contributed by atoms with Gasteiger partial charge in [0, 0.05) is 0 Å². The fraction of sp³-hybridized carbons (Fsp3) is 0. The van der Waals surface area contributed by atoms with Crippen molar-refractivity contribution in [3.63, 3.8) is 0 Å². The Hall–Kier alpha value is -2.60. The van der Waals surface area contributed by atoms with Crippen LogP contribution in [0.1, 0.15) is 0 Å². The summed E-state index contributed by atoms with van der Waals surface area (Å²) in [6.07, 6.45) is 0. The van der Waals surface area contributed by atoms with Gasteiger partial charge in [0.15, 0.2) is 0 Å². The molecule has 4 aromatic carbocycles. The minimum absolute atomic E-state index is 1.34. The maximum atomic E-state index is 3.00. The van der Waals surface area contributed by atoms with Crippen LogP contribution in [0, 0.1) is 0 Å². The van der Waals surface area contributed by atoms with Gasteiger partial charge in [0.2, 0.25) is 0 Å². The van der Waals surface area contributed by atoms with E-state index in [2.05, 4.69) is 86.0 Å². The summed E-state index contributed by atoms with van der Waals surface area (Å²) in [4.78, 5) is 0. The zero-order valence-electron chi connectivity index (χ0n) is 11.3. The highest BCUT2D eigenvalue weighted by Crippen LogP contribution is 2.34. The lowest BCUT2D eigenvalue weighted by Gasteiger charge is -2.09. The highest BCUT2D eigenvalue weighted by atomic mass is 14.1. The summed E-state index contributed by atoms with van der Waals surface area (Å²) in [5, 5.41) is 8.04. The van der Waals surface area contributed by atoms with Crippen molar-refractivity contribution in [1.29, 1.82) is 0 Å². The Morgan fingerprint density at radius 2 is 0.500 bits per heavy atom. The molecule has 96 valence electrons. The molecule has 0 spiro atoms. The van der Waals surface area contributed by atoms with Gasteiger partial charge in [-0.15, -0.1) is 13.2 Å². The van der Waals surface area contributed by atoms with Crippen molar-refractivity contribution in [2.24, 2.45) is 0 Å². The summed E-state index contributed by atoms with van der Waals surface area (Å²) in [7, 11) is 0. The second kappa shape index (κ2) is 5.18. The van der Waals surface area contributed by atoms with Gasteiger partial charge in [0.25, 0.3) is 0 Å². The van der Waals surface area contributed by atoms with Crippen LogP contribution in [-0.4, -0.2) is 0 Å². The van der Waals surface area contributed by atoms with Crippen LogP contribution >= 0.6 is 0 Å². The van der Waals surface area contributed by atoms with Gasteiger partial charge < -0.3 is 0 Å². The zero-order valence-corrected chi connectivity index (χ0v) is 11.3. The Labute approximate surface area is 119 Å². The second-order valence-electron chi connectivity index (χ2n) is 4.64. The third kappa shape index (κ3) is 1.78. The highest BCUT2D eigenvalue weighted by molar-refractivity contribution is 6.25. The quantitative estimate of drug-likeness (QED) is 0.269. The lowest BCUT2D eigenvalue weighted by Crippen LogP contribution is -1.81. The molecule has 4 rings (SSSR count). The van der Waals surface area contributed by atoms with Gasteiger partial charge in [-0.25, -0.2) is 0 Å². The average Bonchev–Trinajstić information content (AvgIpc) is 2.57. The average molecular weight is 256 g/mol. The second-order valence-corrected chi connectivity index (χ2v) is 4.64. The first-order valence-electron chi connectivity index (χ1n) is 6.73. The molecule has 0 fully saturated rings. The Morgan fingerprint density at radius 1 is 0.350 bits per heavy atom. The van der Waals surface area contributed by atoms with E-state index in [0.717, 1.165) is 0 Å². The Morgan fingerprint density at radius 3 is 0.650 bits per heavy atom. The van der Waals surface area contributed by atoms with Crippen LogP contribution in [0.3, 0.4) is 0 Å². The van der Waals surface area contributed by atoms with E-state index in [9.17, 15) is 0 Å². The van der Waals surface area contributed by atoms with Gasteiger partial charge in [-0.2, -0.15) is 0 Å². The van der Waals surface area contributed by atoms with Gasteiger partial charge >= 0.3 is 0 Å². The van der Waals surface area contributed by atoms with Crippen molar-refractivity contribution in [2.45, 2.75) is 0 Å². The minimum atomic E-state index is 1.34. The van der Waals surface area contributed by atoms with Gasteiger partial charge in [-0.3, -0.25) is 0 Å². The van der Waals surface area contributed by atoms with E-state index < -0.39 is 0 Å². The molecule has 0 saturated carbocycles. The third-order valence-electron chi connectivity index (χ3n) is 3.65. The third-order valence-corrected chi connectivity index (χ3v) is 3.65. The molecule has 0 aliphatic rings. The van der Waals surface area contributed by atoms with E-state index in [4.69, 9.17) is 0 Å². The minimum Gasteiger partial charge on any atom is -0.106 e. The molecule has 0 bridgehead atoms. The SMILES string of the molecule is C=C.c1ccc2c(c1)c1ccccc1c1ccccc21. The number of rotatable bonds is 0. The van der Waals surface area contributed by atoms with Crippen LogP contribution in [0.2, 0.25) is 0 Å². The van der Waals surface area contributed by atoms with Gasteiger partial charge in [-0.1, -0.05) is 72.8 Å². The lowest BCUT2D eigenvalue weighted by atomic mass is 9.95. The maximum absolute atomic E-state index is 3.00. The molecule has 0 aliphatic carbocycles. The van der Waals surface area contributed by atoms with Gasteiger partial charge in [0.1, 0.15) is 0 Å². The molecule has 0 heteroatoms. The largest absolute Gasteiger partial charge is 0.106 e. The molecule has 4 aromatic rings. The van der Waals surface area contributed by atoms with Crippen molar-refractivity contribution in [2.75, 3.05) is 0 Å². The molecule has 0 unspecified atom stereocenters. The Kier molecular flexibility index (Phi) is 3.22. The Bertz CT molecular complexity index is 667. The monoisotopic (exact) mass is 256 g/mol. The molecular weight excluding hydrogens is 240 g/mol. The van der Waals surface area contributed by atoms with E-state index in [1.54, 1.807) is 0 Å². The number of hydrogen-bond donors (Lipinski definition) is 0. The molecule has 0 heterocycles. The van der Waals surface area contributed by atoms with Crippen LogP contribution < -0.4 is 0 Å². The molecule has 0 N–H and O–H groups in total. The zero-order chi connectivity index (χ0) is 13.9. The molecule has 0 aromatic heterocycles. The van der Waals surface area contributed by atoms with Crippen LogP contribution in [-0.2, 0) is 0 Å². The predicted molar refractivity (Wildman–Crippen MR) is 90.2 cm³/mol. The fourth-order valence-corrected chi connectivity index (χ4v) is 2.86. The van der Waals surface area contributed by atoms with E-state index >= 15 is 0 Å². The van der Waals surface area contributed by atoms with E-state index in [1.165, 1.54) is 32.3 Å². The smallest absolute Gasteiger partial charge is 0.00990 e. The number of fused-ring (bicyclic) bond motifs is 6. The molecule has 0 aliphatic heterocycles. The van der Waals surface area contributed by atoms with Crippen LogP contribution in [0.5, 0.6) is 0 Å². The molecule has 0 nitrogen and oxygen atoms in total. The molecule has 0 amide bonds. The summed E-state index contributed by atoms with van der Waals surface area (Å²) in [5.41, 5.74) is 0. The highest BCUT2D eigenvalue weighted by Gasteiger charge is 2.06. The first kappa shape index (κ1) is 12.4. The van der Waals surface area contributed by atoms with E-state index in [1.807, 2.05) is 0 Å². The van der Waals surface area contributed by atoms with Crippen LogP contribution in [0.25, 0.3) is 32.3 Å². The first-order valence-corrected chi connectivity index (χ1v) is 6.73. The van der Waals surface area contributed by atoms with Gasteiger partial charge in [0.05, 0.1) is 0 Å². The summed E-state index contributed by atoms with van der Waals surface area (Å²) in [5.74, 6) is 0. The van der Waals surface area contributed by atoms with Crippen LogP contribution in [0.15, 0.2) is 86.0 Å². The van der Waals surface area contributed by atoms with E-state index in [-0.39, 0.29) is 0 Å². The van der Waals surface area contributed by atoms with Crippen molar-refractivity contribution in [3.05, 3.63) is 86.0 Å². The summed E-state index contributed by atoms with van der Waals surface area (Å²) in [6.45, 7) is 6.00. The summed E-state index contributed by atoms with van der Waals surface area (Å²) < 4.78 is 0. The molecular formula is C20H16. The van der Waals surface area contributed by atoms with Crippen molar-refractivity contribution >= 4 is 32.3 Å². The van der Waals surface area contributed by atoms with Gasteiger partial charge in [-0.05, 0) is 32.3 Å². The topological polar surface area (TPSA) is 0 Å². The van der Waals surface area contributed by atoms with Crippen LogP contribution in [0.4, 0.5) is 0 Å². The number of benzene rings is 4.